The van der Waals surface area contributed by atoms with Crippen LogP contribution in [-0.2, 0) is 11.0 Å². The Hall–Kier alpha value is -3.27. The number of hydrogen-bond donors (Lipinski definition) is 1. The minimum Gasteiger partial charge on any atom is -0.493 e. The summed E-state index contributed by atoms with van der Waals surface area (Å²) in [6.07, 6.45) is -3.35. The fourth-order valence-electron chi connectivity index (χ4n) is 2.22. The Labute approximate surface area is 148 Å². The molecule has 4 nitrogen and oxygen atoms in total. The molecule has 7 heteroatoms. The largest absolute Gasteiger partial charge is 0.493 e. The van der Waals surface area contributed by atoms with Crippen LogP contribution >= 0.6 is 0 Å². The van der Waals surface area contributed by atoms with Crippen molar-refractivity contribution >= 4 is 17.7 Å². The number of nitriles is 1. The van der Waals surface area contributed by atoms with Crippen LogP contribution in [0.3, 0.4) is 0 Å². The van der Waals surface area contributed by atoms with Crippen LogP contribution in [0.1, 0.15) is 18.1 Å². The second-order valence-electron chi connectivity index (χ2n) is 5.14. The van der Waals surface area contributed by atoms with E-state index >= 15 is 0 Å². The van der Waals surface area contributed by atoms with Crippen LogP contribution in [0.25, 0.3) is 6.08 Å². The van der Waals surface area contributed by atoms with Crippen molar-refractivity contribution in [2.75, 3.05) is 11.9 Å². The van der Waals surface area contributed by atoms with Gasteiger partial charge in [0.1, 0.15) is 17.4 Å². The van der Waals surface area contributed by atoms with E-state index in [4.69, 9.17) is 4.74 Å². The molecule has 26 heavy (non-hydrogen) atoms. The predicted molar refractivity (Wildman–Crippen MR) is 91.3 cm³/mol. The highest BCUT2D eigenvalue weighted by Crippen LogP contribution is 2.34. The Morgan fingerprint density at radius 2 is 1.85 bits per heavy atom. The normalized spacial score (nSPS) is 11.6. The summed E-state index contributed by atoms with van der Waals surface area (Å²) in [4.78, 5) is 12.3. The summed E-state index contributed by atoms with van der Waals surface area (Å²) < 4.78 is 44.5. The zero-order chi connectivity index (χ0) is 19.2. The highest BCUT2D eigenvalue weighted by Gasteiger charge is 2.33. The summed E-state index contributed by atoms with van der Waals surface area (Å²) in [6, 6.07) is 13.0. The molecule has 0 saturated heterocycles. The first-order valence-electron chi connectivity index (χ1n) is 7.68. The van der Waals surface area contributed by atoms with Crippen molar-refractivity contribution in [3.05, 3.63) is 65.2 Å². The fourth-order valence-corrected chi connectivity index (χ4v) is 2.22. The van der Waals surface area contributed by atoms with Gasteiger partial charge in [0.15, 0.2) is 0 Å². The van der Waals surface area contributed by atoms with E-state index in [-0.39, 0.29) is 5.57 Å². The van der Waals surface area contributed by atoms with Gasteiger partial charge in [-0.2, -0.15) is 18.4 Å². The molecule has 134 valence electrons. The minimum absolute atomic E-state index is 0.339. The van der Waals surface area contributed by atoms with E-state index in [1.54, 1.807) is 37.3 Å². The number of ether oxygens (including phenoxy) is 1. The van der Waals surface area contributed by atoms with Gasteiger partial charge in [0.25, 0.3) is 5.91 Å². The van der Waals surface area contributed by atoms with Crippen LogP contribution in [0.2, 0.25) is 0 Å². The van der Waals surface area contributed by atoms with Gasteiger partial charge in [-0.3, -0.25) is 4.79 Å². The third-order valence-corrected chi connectivity index (χ3v) is 3.36. The third kappa shape index (κ3) is 4.63. The van der Waals surface area contributed by atoms with E-state index in [1.165, 1.54) is 18.2 Å². The molecule has 0 unspecified atom stereocenters. The first kappa shape index (κ1) is 19.1. The zero-order valence-corrected chi connectivity index (χ0v) is 13.8. The molecule has 0 aromatic heterocycles. The molecule has 0 bridgehead atoms. The summed E-state index contributed by atoms with van der Waals surface area (Å²) in [6.45, 7) is 2.17. The van der Waals surface area contributed by atoms with Crippen LogP contribution in [0.15, 0.2) is 54.1 Å². The van der Waals surface area contributed by atoms with Crippen molar-refractivity contribution < 1.29 is 22.7 Å². The summed E-state index contributed by atoms with van der Waals surface area (Å²) in [7, 11) is 0. The lowest BCUT2D eigenvalue weighted by atomic mass is 10.1. The van der Waals surface area contributed by atoms with E-state index in [9.17, 15) is 23.2 Å². The third-order valence-electron chi connectivity index (χ3n) is 3.36. The highest BCUT2D eigenvalue weighted by atomic mass is 19.4. The Bertz CT molecular complexity index is 868. The van der Waals surface area contributed by atoms with Gasteiger partial charge in [0, 0.05) is 5.56 Å². The van der Waals surface area contributed by atoms with E-state index in [2.05, 4.69) is 5.32 Å². The maximum absolute atomic E-state index is 13.0. The van der Waals surface area contributed by atoms with Crippen LogP contribution in [0.5, 0.6) is 5.75 Å². The van der Waals surface area contributed by atoms with Crippen molar-refractivity contribution in [2.45, 2.75) is 13.1 Å². The Kier molecular flexibility index (Phi) is 6.02. The summed E-state index contributed by atoms with van der Waals surface area (Å²) >= 11 is 0. The lowest BCUT2D eigenvalue weighted by molar-refractivity contribution is -0.137. The van der Waals surface area contributed by atoms with Crippen molar-refractivity contribution in [3.8, 4) is 11.8 Å². The fraction of sp³-hybridized carbons (Fsp3) is 0.158. The van der Waals surface area contributed by atoms with Gasteiger partial charge in [-0.25, -0.2) is 0 Å². The predicted octanol–water partition coefficient (Wildman–Crippen LogP) is 4.65. The van der Waals surface area contributed by atoms with Crippen molar-refractivity contribution in [1.82, 2.24) is 0 Å². The van der Waals surface area contributed by atoms with Crippen LogP contribution in [-0.4, -0.2) is 12.5 Å². The summed E-state index contributed by atoms with van der Waals surface area (Å²) in [5.41, 5.74) is -1.26. The second kappa shape index (κ2) is 8.21. The van der Waals surface area contributed by atoms with Gasteiger partial charge in [-0.15, -0.1) is 0 Å². The van der Waals surface area contributed by atoms with Crippen molar-refractivity contribution in [1.29, 1.82) is 5.26 Å². The molecule has 0 aliphatic heterocycles. The molecule has 0 fully saturated rings. The van der Waals surface area contributed by atoms with E-state index < -0.39 is 23.3 Å². The van der Waals surface area contributed by atoms with Crippen LogP contribution in [0.4, 0.5) is 18.9 Å². The van der Waals surface area contributed by atoms with Crippen LogP contribution < -0.4 is 10.1 Å². The van der Waals surface area contributed by atoms with Crippen molar-refractivity contribution in [3.63, 3.8) is 0 Å². The minimum atomic E-state index is -4.62. The number of benzene rings is 2. The number of rotatable bonds is 5. The van der Waals surface area contributed by atoms with E-state index in [0.717, 1.165) is 12.1 Å². The van der Waals surface area contributed by atoms with Gasteiger partial charge in [-0.1, -0.05) is 30.3 Å². The highest BCUT2D eigenvalue weighted by molar-refractivity contribution is 6.10. The molecule has 2 aromatic rings. The van der Waals surface area contributed by atoms with E-state index in [0.29, 0.717) is 17.9 Å². The average Bonchev–Trinajstić information content (AvgIpc) is 2.60. The number of nitrogens with zero attached hydrogens (tertiary/aromatic N) is 1. The topological polar surface area (TPSA) is 62.1 Å². The second-order valence-corrected chi connectivity index (χ2v) is 5.14. The molecule has 0 saturated carbocycles. The first-order chi connectivity index (χ1) is 12.4. The molecule has 0 aliphatic carbocycles. The molecule has 1 amide bonds. The molecular weight excluding hydrogens is 345 g/mol. The lowest BCUT2D eigenvalue weighted by Gasteiger charge is -2.13. The monoisotopic (exact) mass is 360 g/mol. The summed E-state index contributed by atoms with van der Waals surface area (Å²) in [5.74, 6) is -0.471. The quantitative estimate of drug-likeness (QED) is 0.624. The zero-order valence-electron chi connectivity index (χ0n) is 13.8. The maximum atomic E-state index is 13.0. The molecule has 0 heterocycles. The molecule has 0 spiro atoms. The number of anilines is 1. The molecule has 0 atom stereocenters. The lowest BCUT2D eigenvalue weighted by Crippen LogP contribution is -2.17. The number of para-hydroxylation sites is 2. The number of carbonyl (C=O) groups excluding carboxylic acids is 1. The molecule has 1 N–H and O–H groups in total. The molecular formula is C19H15F3N2O2. The molecule has 0 radical (unpaired) electrons. The summed E-state index contributed by atoms with van der Waals surface area (Å²) in [5, 5.41) is 11.4. The van der Waals surface area contributed by atoms with Crippen molar-refractivity contribution in [2.24, 2.45) is 0 Å². The SMILES string of the molecule is CCOc1ccccc1/C=C(\C#N)C(=O)Nc1ccccc1C(F)(F)F. The molecule has 2 aromatic carbocycles. The van der Waals surface area contributed by atoms with Crippen LogP contribution in [0, 0.1) is 11.3 Å². The van der Waals surface area contributed by atoms with Gasteiger partial charge in [0.2, 0.25) is 0 Å². The number of hydrogen-bond acceptors (Lipinski definition) is 3. The van der Waals surface area contributed by atoms with Gasteiger partial charge in [-0.05, 0) is 31.2 Å². The molecule has 0 aliphatic rings. The Morgan fingerprint density at radius 3 is 2.50 bits per heavy atom. The number of alkyl halides is 3. The Balaban J connectivity index is 2.33. The number of amides is 1. The van der Waals surface area contributed by atoms with E-state index in [1.807, 2.05) is 0 Å². The first-order valence-corrected chi connectivity index (χ1v) is 7.68. The maximum Gasteiger partial charge on any atom is 0.418 e. The standard InChI is InChI=1S/C19H15F3N2O2/c1-2-26-17-10-6-3-7-13(17)11-14(12-23)18(25)24-16-9-5-4-8-15(16)19(20,21)22/h3-11H,2H2,1H3,(H,24,25)/b14-11+. The smallest absolute Gasteiger partial charge is 0.418 e. The average molecular weight is 360 g/mol. The Morgan fingerprint density at radius 1 is 1.19 bits per heavy atom. The molecule has 2 rings (SSSR count). The van der Waals surface area contributed by atoms with Gasteiger partial charge in [0.05, 0.1) is 17.9 Å². The number of nitrogens with one attached hydrogen (secondary N) is 1. The van der Waals surface area contributed by atoms with Gasteiger partial charge < -0.3 is 10.1 Å². The number of halogens is 3. The van der Waals surface area contributed by atoms with Gasteiger partial charge >= 0.3 is 6.18 Å². The number of carbonyl (C=O) groups is 1.